The molecule has 0 saturated heterocycles. The van der Waals surface area contributed by atoms with Crippen LogP contribution in [0.1, 0.15) is 74.0 Å². The highest BCUT2D eigenvalue weighted by molar-refractivity contribution is 6.04. The van der Waals surface area contributed by atoms with Crippen molar-refractivity contribution in [2.45, 2.75) is 70.0 Å². The second-order valence-corrected chi connectivity index (χ2v) is 11.4. The molecule has 3 aromatic rings. The van der Waals surface area contributed by atoms with E-state index in [1.165, 1.54) is 0 Å². The zero-order valence-electron chi connectivity index (χ0n) is 24.2. The van der Waals surface area contributed by atoms with Crippen LogP contribution in [0.3, 0.4) is 0 Å². The molecule has 0 aromatic heterocycles. The van der Waals surface area contributed by atoms with Crippen molar-refractivity contribution in [3.8, 4) is 11.5 Å². The summed E-state index contributed by atoms with van der Waals surface area (Å²) in [7, 11) is 1.65. The number of carbonyl (C=O) groups is 2. The van der Waals surface area contributed by atoms with E-state index < -0.39 is 5.92 Å². The van der Waals surface area contributed by atoms with Gasteiger partial charge in [-0.1, -0.05) is 54.6 Å². The highest BCUT2D eigenvalue weighted by atomic mass is 16.5. The number of ketones is 1. The van der Waals surface area contributed by atoms with Crippen molar-refractivity contribution in [2.75, 3.05) is 7.11 Å². The van der Waals surface area contributed by atoms with Crippen molar-refractivity contribution in [3.63, 3.8) is 0 Å². The molecule has 1 N–H and O–H groups in total. The highest BCUT2D eigenvalue weighted by Crippen LogP contribution is 2.46. The summed E-state index contributed by atoms with van der Waals surface area (Å²) in [5.74, 6) is 0.787. The number of methoxy groups -OCH3 is 1. The lowest BCUT2D eigenvalue weighted by Crippen LogP contribution is -2.36. The Morgan fingerprint density at radius 2 is 1.52 bits per heavy atom. The van der Waals surface area contributed by atoms with Gasteiger partial charge in [0.1, 0.15) is 24.2 Å². The molecule has 0 unspecified atom stereocenters. The van der Waals surface area contributed by atoms with Gasteiger partial charge >= 0.3 is 5.97 Å². The zero-order chi connectivity index (χ0) is 29.1. The van der Waals surface area contributed by atoms with Crippen LogP contribution in [0.4, 0.5) is 0 Å². The Labute approximate surface area is 247 Å². The van der Waals surface area contributed by atoms with E-state index in [9.17, 15) is 9.59 Å². The molecule has 0 amide bonds. The van der Waals surface area contributed by atoms with Gasteiger partial charge in [0.15, 0.2) is 5.78 Å². The van der Waals surface area contributed by atoms with Crippen LogP contribution in [0.5, 0.6) is 11.5 Å². The minimum Gasteiger partial charge on any atom is -0.497 e. The van der Waals surface area contributed by atoms with Crippen molar-refractivity contribution in [2.24, 2.45) is 0 Å². The first-order valence-electron chi connectivity index (χ1n) is 14.9. The van der Waals surface area contributed by atoms with Gasteiger partial charge in [-0.15, -0.1) is 0 Å². The average molecular weight is 564 g/mol. The van der Waals surface area contributed by atoms with Gasteiger partial charge in [-0.25, -0.2) is 4.79 Å². The molecule has 6 nitrogen and oxygen atoms in total. The standard InChI is InChI=1S/C36H37NO5/c1-23-33(36(39)42-30-10-6-7-11-30)34(26-14-18-29(19-15-26)41-22-24-8-4-3-5-9-24)35-31(37-23)20-27(21-32(35)38)25-12-16-28(40-2)17-13-25/h3-5,8-9,12-19,27,30,34,37H,6-7,10-11,20-22H2,1-2H3/t27-,34+/m1/s1. The van der Waals surface area contributed by atoms with Gasteiger partial charge in [0, 0.05) is 29.3 Å². The van der Waals surface area contributed by atoms with Gasteiger partial charge in [-0.2, -0.15) is 0 Å². The van der Waals surface area contributed by atoms with E-state index in [-0.39, 0.29) is 23.8 Å². The number of ether oxygens (including phenoxy) is 3. The molecule has 6 rings (SSSR count). The molecule has 0 bridgehead atoms. The van der Waals surface area contributed by atoms with Gasteiger partial charge in [-0.3, -0.25) is 4.79 Å². The van der Waals surface area contributed by atoms with Gasteiger partial charge in [0.05, 0.1) is 12.7 Å². The van der Waals surface area contributed by atoms with E-state index in [1.807, 2.05) is 85.8 Å². The van der Waals surface area contributed by atoms with Crippen LogP contribution in [0.2, 0.25) is 0 Å². The highest BCUT2D eigenvalue weighted by Gasteiger charge is 2.42. The summed E-state index contributed by atoms with van der Waals surface area (Å²) in [5, 5.41) is 3.46. The number of allylic oxidation sites excluding steroid dienone is 3. The Hall–Kier alpha value is -4.32. The molecule has 0 radical (unpaired) electrons. The van der Waals surface area contributed by atoms with Crippen LogP contribution < -0.4 is 14.8 Å². The second kappa shape index (κ2) is 12.3. The normalized spacial score (nSPS) is 20.7. The summed E-state index contributed by atoms with van der Waals surface area (Å²) in [6, 6.07) is 25.7. The largest absolute Gasteiger partial charge is 0.497 e. The van der Waals surface area contributed by atoms with Crippen molar-refractivity contribution in [3.05, 3.63) is 118 Å². The fourth-order valence-corrected chi connectivity index (χ4v) is 6.47. The number of dihydropyridines is 1. The summed E-state index contributed by atoms with van der Waals surface area (Å²) in [6.45, 7) is 2.38. The van der Waals surface area contributed by atoms with Gasteiger partial charge in [0.2, 0.25) is 0 Å². The monoisotopic (exact) mass is 563 g/mol. The number of Topliss-reactive ketones (excluding diaryl/α,β-unsaturated/α-hetero) is 1. The molecule has 0 spiro atoms. The fourth-order valence-electron chi connectivity index (χ4n) is 6.47. The number of hydrogen-bond acceptors (Lipinski definition) is 6. The average Bonchev–Trinajstić information content (AvgIpc) is 3.53. The Morgan fingerprint density at radius 1 is 0.857 bits per heavy atom. The van der Waals surface area contributed by atoms with Crippen LogP contribution in [0, 0.1) is 0 Å². The van der Waals surface area contributed by atoms with Crippen LogP contribution in [0.25, 0.3) is 0 Å². The lowest BCUT2D eigenvalue weighted by molar-refractivity contribution is -0.144. The quantitative estimate of drug-likeness (QED) is 0.294. The maximum atomic E-state index is 13.9. The topological polar surface area (TPSA) is 73.9 Å². The predicted octanol–water partition coefficient (Wildman–Crippen LogP) is 7.12. The smallest absolute Gasteiger partial charge is 0.337 e. The SMILES string of the molecule is COc1ccc([C@H]2CC(=O)C3=C(C2)NC(C)=C(C(=O)OC2CCCC2)[C@@H]3c2ccc(OCc3ccccc3)cc2)cc1. The maximum Gasteiger partial charge on any atom is 0.337 e. The molecule has 3 aromatic carbocycles. The van der Waals surface area contributed by atoms with Crippen LogP contribution >= 0.6 is 0 Å². The third-order valence-electron chi connectivity index (χ3n) is 8.67. The molecule has 1 saturated carbocycles. The molecule has 1 fully saturated rings. The molecule has 1 heterocycles. The fraction of sp³-hybridized carbons (Fsp3) is 0.333. The van der Waals surface area contributed by atoms with Crippen molar-refractivity contribution in [1.82, 2.24) is 5.32 Å². The molecule has 6 heteroatoms. The molecule has 2 aliphatic carbocycles. The molecule has 1 aliphatic heterocycles. The van der Waals surface area contributed by atoms with Crippen molar-refractivity contribution < 1.29 is 23.8 Å². The first-order valence-corrected chi connectivity index (χ1v) is 14.9. The van der Waals surface area contributed by atoms with Gasteiger partial charge in [0.25, 0.3) is 0 Å². The van der Waals surface area contributed by atoms with Crippen LogP contribution in [0.15, 0.2) is 101 Å². The number of nitrogens with one attached hydrogen (secondary N) is 1. The second-order valence-electron chi connectivity index (χ2n) is 11.4. The Kier molecular flexibility index (Phi) is 8.13. The van der Waals surface area contributed by atoms with Crippen LogP contribution in [-0.2, 0) is 20.9 Å². The summed E-state index contributed by atoms with van der Waals surface area (Å²) < 4.78 is 17.3. The minimum atomic E-state index is -0.498. The van der Waals surface area contributed by atoms with Gasteiger partial charge in [-0.05, 0) is 85.9 Å². The van der Waals surface area contributed by atoms with E-state index in [0.717, 1.165) is 65.3 Å². The third-order valence-corrected chi connectivity index (χ3v) is 8.67. The van der Waals surface area contributed by atoms with E-state index in [1.54, 1.807) is 7.11 Å². The van der Waals surface area contributed by atoms with Crippen molar-refractivity contribution in [1.29, 1.82) is 0 Å². The zero-order valence-corrected chi connectivity index (χ0v) is 24.2. The maximum absolute atomic E-state index is 13.9. The summed E-state index contributed by atoms with van der Waals surface area (Å²) >= 11 is 0. The van der Waals surface area contributed by atoms with Gasteiger partial charge < -0.3 is 19.5 Å². The summed E-state index contributed by atoms with van der Waals surface area (Å²) in [6.07, 6.45) is 4.92. The van der Waals surface area contributed by atoms with Crippen LogP contribution in [-0.4, -0.2) is 25.0 Å². The summed E-state index contributed by atoms with van der Waals surface area (Å²) in [4.78, 5) is 27.7. The first kappa shape index (κ1) is 27.8. The molecular weight excluding hydrogens is 526 g/mol. The molecule has 42 heavy (non-hydrogen) atoms. The predicted molar refractivity (Wildman–Crippen MR) is 161 cm³/mol. The first-order chi connectivity index (χ1) is 20.5. The molecule has 3 aliphatic rings. The van der Waals surface area contributed by atoms with E-state index >= 15 is 0 Å². The Morgan fingerprint density at radius 3 is 2.21 bits per heavy atom. The van der Waals surface area contributed by atoms with Crippen molar-refractivity contribution >= 4 is 11.8 Å². The third kappa shape index (κ3) is 5.85. The number of benzene rings is 3. The number of esters is 1. The minimum absolute atomic E-state index is 0.0452. The molecular formula is C36H37NO5. The number of hydrogen-bond donors (Lipinski definition) is 1. The summed E-state index contributed by atoms with van der Waals surface area (Å²) in [5.41, 5.74) is 5.89. The molecule has 2 atom stereocenters. The van der Waals surface area contributed by atoms with E-state index in [2.05, 4.69) is 5.32 Å². The Balaban J connectivity index is 1.31. The lowest BCUT2D eigenvalue weighted by atomic mass is 9.71. The lowest BCUT2D eigenvalue weighted by Gasteiger charge is -2.37. The number of carbonyl (C=O) groups excluding carboxylic acids is 2. The Bertz CT molecular complexity index is 1500. The van der Waals surface area contributed by atoms with E-state index in [0.29, 0.717) is 30.6 Å². The molecule has 216 valence electrons. The number of rotatable bonds is 8. The van der Waals surface area contributed by atoms with E-state index in [4.69, 9.17) is 14.2 Å².